The molecule has 138 valence electrons. The normalized spacial score (nSPS) is 13.6. The monoisotopic (exact) mass is 389 g/mol. The molecule has 0 bridgehead atoms. The van der Waals surface area contributed by atoms with Gasteiger partial charge in [0.2, 0.25) is 11.7 Å². The number of fused-ring (bicyclic) bond motifs is 1. The lowest BCUT2D eigenvalue weighted by Crippen LogP contribution is -2.13. The Balaban J connectivity index is 1.53. The van der Waals surface area contributed by atoms with E-state index in [1.165, 1.54) is 17.5 Å². The smallest absolute Gasteiger partial charge is 0.227 e. The molecule has 5 rings (SSSR count). The Morgan fingerprint density at radius 3 is 2.82 bits per heavy atom. The number of hydrogen-bond acceptors (Lipinski definition) is 6. The Morgan fingerprint density at radius 2 is 2.04 bits per heavy atom. The topological polar surface area (TPSA) is 89.3 Å². The van der Waals surface area contributed by atoms with Gasteiger partial charge in [-0.05, 0) is 31.0 Å². The van der Waals surface area contributed by atoms with E-state index in [1.807, 2.05) is 30.3 Å². The van der Waals surface area contributed by atoms with Crippen LogP contribution in [0.4, 0.5) is 5.69 Å². The molecule has 1 N–H and O–H groups in total. The van der Waals surface area contributed by atoms with Crippen LogP contribution >= 0.6 is 11.3 Å². The summed E-state index contributed by atoms with van der Waals surface area (Å²) < 4.78 is 1.64. The average molecular weight is 389 g/mol. The van der Waals surface area contributed by atoms with Gasteiger partial charge in [0.05, 0.1) is 17.5 Å². The first-order chi connectivity index (χ1) is 13.7. The number of hydrogen-bond donors (Lipinski definition) is 1. The van der Waals surface area contributed by atoms with Gasteiger partial charge in [0.15, 0.2) is 10.7 Å². The molecule has 0 spiro atoms. The van der Waals surface area contributed by atoms with Gasteiger partial charge in [0.25, 0.3) is 0 Å². The first kappa shape index (κ1) is 16.8. The van der Waals surface area contributed by atoms with E-state index in [1.54, 1.807) is 22.3 Å². The van der Waals surface area contributed by atoms with E-state index in [-0.39, 0.29) is 17.6 Å². The number of carbonyl (C=O) groups is 2. The van der Waals surface area contributed by atoms with Gasteiger partial charge >= 0.3 is 0 Å². The number of anilines is 1. The third kappa shape index (κ3) is 2.97. The maximum absolute atomic E-state index is 12.7. The molecule has 1 aliphatic rings. The van der Waals surface area contributed by atoms with Gasteiger partial charge in [0, 0.05) is 34.9 Å². The van der Waals surface area contributed by atoms with Crippen molar-refractivity contribution in [3.8, 4) is 11.3 Å². The molecule has 1 amide bonds. The standard InChI is InChI=1S/C20H15N5O2S/c26-17(20-22-8-9-28-20)15-11-23-25-16(6-7-21-18(15)25)13-2-1-3-14(10-13)24-19(27)12-4-5-12/h1-3,6-12H,4-5H2,(H,24,27). The summed E-state index contributed by atoms with van der Waals surface area (Å²) in [4.78, 5) is 33.2. The maximum atomic E-state index is 12.7. The Kier molecular flexibility index (Phi) is 3.98. The Labute approximate surface area is 164 Å². The number of benzene rings is 1. The molecule has 4 aromatic rings. The predicted octanol–water partition coefficient (Wildman–Crippen LogP) is 3.43. The lowest BCUT2D eigenvalue weighted by atomic mass is 10.1. The Morgan fingerprint density at radius 1 is 1.14 bits per heavy atom. The highest BCUT2D eigenvalue weighted by molar-refractivity contribution is 7.11. The van der Waals surface area contributed by atoms with Crippen LogP contribution in [0, 0.1) is 5.92 Å². The van der Waals surface area contributed by atoms with Gasteiger partial charge in [-0.2, -0.15) is 5.10 Å². The number of nitrogens with one attached hydrogen (secondary N) is 1. The minimum absolute atomic E-state index is 0.0624. The number of amides is 1. The van der Waals surface area contributed by atoms with Crippen LogP contribution in [0.1, 0.15) is 28.2 Å². The highest BCUT2D eigenvalue weighted by atomic mass is 32.1. The van der Waals surface area contributed by atoms with Crippen molar-refractivity contribution in [1.29, 1.82) is 0 Å². The summed E-state index contributed by atoms with van der Waals surface area (Å²) in [6, 6.07) is 9.42. The highest BCUT2D eigenvalue weighted by Gasteiger charge is 2.29. The van der Waals surface area contributed by atoms with Crippen molar-refractivity contribution in [2.75, 3.05) is 5.32 Å². The minimum atomic E-state index is -0.194. The molecule has 3 heterocycles. The van der Waals surface area contributed by atoms with Gasteiger partial charge in [0.1, 0.15) is 0 Å². The van der Waals surface area contributed by atoms with Crippen molar-refractivity contribution in [2.24, 2.45) is 5.92 Å². The fourth-order valence-electron chi connectivity index (χ4n) is 3.07. The van der Waals surface area contributed by atoms with E-state index in [0.29, 0.717) is 16.2 Å². The van der Waals surface area contributed by atoms with Crippen molar-refractivity contribution in [2.45, 2.75) is 12.8 Å². The van der Waals surface area contributed by atoms with Gasteiger partial charge in [-0.15, -0.1) is 11.3 Å². The van der Waals surface area contributed by atoms with E-state index in [4.69, 9.17) is 0 Å². The molecular formula is C20H15N5O2S. The third-order valence-electron chi connectivity index (χ3n) is 4.65. The summed E-state index contributed by atoms with van der Waals surface area (Å²) in [5.74, 6) is 0.00868. The summed E-state index contributed by atoms with van der Waals surface area (Å²) in [5.41, 5.74) is 3.29. The molecule has 0 saturated heterocycles. The quantitative estimate of drug-likeness (QED) is 0.528. The zero-order valence-electron chi connectivity index (χ0n) is 14.7. The van der Waals surface area contributed by atoms with E-state index in [0.717, 1.165) is 29.8 Å². The van der Waals surface area contributed by atoms with Crippen LogP contribution in [-0.4, -0.2) is 31.3 Å². The first-order valence-electron chi connectivity index (χ1n) is 8.89. The number of rotatable bonds is 5. The lowest BCUT2D eigenvalue weighted by molar-refractivity contribution is -0.117. The highest BCUT2D eigenvalue weighted by Crippen LogP contribution is 2.31. The molecule has 1 aromatic carbocycles. The Bertz CT molecular complexity index is 1190. The number of carbonyl (C=O) groups excluding carboxylic acids is 2. The largest absolute Gasteiger partial charge is 0.326 e. The van der Waals surface area contributed by atoms with E-state index < -0.39 is 0 Å². The van der Waals surface area contributed by atoms with Gasteiger partial charge in [-0.1, -0.05) is 12.1 Å². The van der Waals surface area contributed by atoms with Crippen LogP contribution < -0.4 is 5.32 Å². The molecule has 0 unspecified atom stereocenters. The van der Waals surface area contributed by atoms with Crippen LogP contribution in [0.25, 0.3) is 16.9 Å². The average Bonchev–Trinajstić information content (AvgIpc) is 3.25. The molecule has 1 fully saturated rings. The summed E-state index contributed by atoms with van der Waals surface area (Å²) >= 11 is 1.29. The van der Waals surface area contributed by atoms with Gasteiger partial charge in [-0.25, -0.2) is 14.5 Å². The molecule has 28 heavy (non-hydrogen) atoms. The van der Waals surface area contributed by atoms with E-state index >= 15 is 0 Å². The van der Waals surface area contributed by atoms with Crippen molar-refractivity contribution in [1.82, 2.24) is 19.6 Å². The van der Waals surface area contributed by atoms with Gasteiger partial charge in [-0.3, -0.25) is 9.59 Å². The third-order valence-corrected chi connectivity index (χ3v) is 5.42. The summed E-state index contributed by atoms with van der Waals surface area (Å²) in [6.45, 7) is 0. The predicted molar refractivity (Wildman–Crippen MR) is 105 cm³/mol. The molecule has 1 saturated carbocycles. The molecule has 0 aliphatic heterocycles. The zero-order valence-corrected chi connectivity index (χ0v) is 15.5. The van der Waals surface area contributed by atoms with Crippen molar-refractivity contribution in [3.05, 3.63) is 64.9 Å². The summed E-state index contributed by atoms with van der Waals surface area (Å²) in [7, 11) is 0. The van der Waals surface area contributed by atoms with Crippen molar-refractivity contribution >= 4 is 34.4 Å². The molecule has 1 aliphatic carbocycles. The Hall–Kier alpha value is -3.39. The second-order valence-corrected chi connectivity index (χ2v) is 7.53. The summed E-state index contributed by atoms with van der Waals surface area (Å²) in [6.07, 6.45) is 6.69. The van der Waals surface area contributed by atoms with E-state index in [9.17, 15) is 9.59 Å². The number of thiazole rings is 1. The van der Waals surface area contributed by atoms with Crippen LogP contribution in [0.5, 0.6) is 0 Å². The fourth-order valence-corrected chi connectivity index (χ4v) is 3.66. The van der Waals surface area contributed by atoms with E-state index in [2.05, 4.69) is 20.4 Å². The van der Waals surface area contributed by atoms with Crippen LogP contribution in [0.2, 0.25) is 0 Å². The summed E-state index contributed by atoms with van der Waals surface area (Å²) in [5, 5.41) is 9.51. The minimum Gasteiger partial charge on any atom is -0.326 e. The second-order valence-electron chi connectivity index (χ2n) is 6.63. The fraction of sp³-hybridized carbons (Fsp3) is 0.150. The number of nitrogens with zero attached hydrogens (tertiary/aromatic N) is 4. The maximum Gasteiger partial charge on any atom is 0.227 e. The SMILES string of the molecule is O=C(c1nccs1)c1cnn2c(-c3cccc(NC(=O)C4CC4)c3)ccnc12. The second kappa shape index (κ2) is 6.65. The molecule has 7 nitrogen and oxygen atoms in total. The van der Waals surface area contributed by atoms with Crippen molar-refractivity contribution in [3.63, 3.8) is 0 Å². The van der Waals surface area contributed by atoms with Crippen LogP contribution in [0.3, 0.4) is 0 Å². The molecule has 0 atom stereocenters. The van der Waals surface area contributed by atoms with Crippen LogP contribution in [0.15, 0.2) is 54.3 Å². The molecule has 3 aromatic heterocycles. The number of ketones is 1. The molecular weight excluding hydrogens is 374 g/mol. The van der Waals surface area contributed by atoms with Gasteiger partial charge < -0.3 is 5.32 Å². The lowest BCUT2D eigenvalue weighted by Gasteiger charge is -2.08. The van der Waals surface area contributed by atoms with Crippen molar-refractivity contribution < 1.29 is 9.59 Å². The molecule has 8 heteroatoms. The molecule has 0 radical (unpaired) electrons. The van der Waals surface area contributed by atoms with Crippen LogP contribution in [-0.2, 0) is 4.79 Å². The first-order valence-corrected chi connectivity index (χ1v) is 9.77. The number of aromatic nitrogens is 4. The zero-order chi connectivity index (χ0) is 19.1.